The van der Waals surface area contributed by atoms with E-state index in [9.17, 15) is 13.2 Å². The number of piperidine rings is 1. The van der Waals surface area contributed by atoms with Crippen LogP contribution in [0.15, 0.2) is 59.8 Å². The maximum absolute atomic E-state index is 13.0. The predicted molar refractivity (Wildman–Crippen MR) is 126 cm³/mol. The first kappa shape index (κ1) is 22.5. The van der Waals surface area contributed by atoms with E-state index in [1.165, 1.54) is 9.99 Å². The Balaban J connectivity index is 1.31. The van der Waals surface area contributed by atoms with Crippen molar-refractivity contribution in [3.63, 3.8) is 0 Å². The molecule has 0 saturated carbocycles. The Morgan fingerprint density at radius 2 is 1.69 bits per heavy atom. The van der Waals surface area contributed by atoms with E-state index in [-0.39, 0.29) is 17.3 Å². The Morgan fingerprint density at radius 3 is 2.31 bits per heavy atom. The molecule has 2 fully saturated rings. The van der Waals surface area contributed by atoms with E-state index in [1.807, 2.05) is 48.5 Å². The van der Waals surface area contributed by atoms with Gasteiger partial charge in [-0.1, -0.05) is 24.3 Å². The topological polar surface area (TPSA) is 73.8 Å². The number of carbonyl (C=O) groups excluding carboxylic acids is 1. The van der Waals surface area contributed by atoms with Crippen LogP contribution in [0, 0.1) is 5.92 Å². The van der Waals surface area contributed by atoms with Crippen molar-refractivity contribution in [2.75, 3.05) is 44.2 Å². The van der Waals surface area contributed by atoms with Gasteiger partial charge in [-0.15, -0.1) is 0 Å². The Hall–Kier alpha value is -2.71. The summed E-state index contributed by atoms with van der Waals surface area (Å²) < 4.78 is 27.3. The van der Waals surface area contributed by atoms with Crippen molar-refractivity contribution < 1.29 is 13.2 Å². The number of sulfonamides is 1. The van der Waals surface area contributed by atoms with Gasteiger partial charge >= 0.3 is 0 Å². The molecular formula is C24H30N4O3S. The van der Waals surface area contributed by atoms with Crippen LogP contribution in [0.2, 0.25) is 0 Å². The number of anilines is 1. The van der Waals surface area contributed by atoms with Crippen LogP contribution in [0.5, 0.6) is 0 Å². The number of pyridine rings is 1. The zero-order chi connectivity index (χ0) is 22.6. The van der Waals surface area contributed by atoms with Crippen LogP contribution in [0.1, 0.15) is 25.3 Å². The monoisotopic (exact) mass is 454 g/mol. The molecule has 3 heterocycles. The lowest BCUT2D eigenvalue weighted by Gasteiger charge is -2.38. The molecule has 0 radical (unpaired) electrons. The lowest BCUT2D eigenvalue weighted by Crippen LogP contribution is -2.53. The highest BCUT2D eigenvalue weighted by molar-refractivity contribution is 7.89. The highest BCUT2D eigenvalue weighted by Crippen LogP contribution is 2.25. The zero-order valence-corrected chi connectivity index (χ0v) is 19.2. The number of hydrogen-bond acceptors (Lipinski definition) is 5. The molecule has 8 heteroatoms. The fraction of sp³-hybridized carbons (Fsp3) is 0.417. The molecule has 0 aliphatic carbocycles. The van der Waals surface area contributed by atoms with Crippen LogP contribution >= 0.6 is 0 Å². The lowest BCUT2D eigenvalue weighted by atomic mass is 9.95. The van der Waals surface area contributed by atoms with Crippen molar-refractivity contribution in [3.8, 4) is 0 Å². The first-order valence-electron chi connectivity index (χ1n) is 11.1. The van der Waals surface area contributed by atoms with E-state index in [0.29, 0.717) is 25.6 Å². The van der Waals surface area contributed by atoms with Gasteiger partial charge < -0.3 is 9.80 Å². The van der Waals surface area contributed by atoms with Crippen LogP contribution in [0.3, 0.4) is 0 Å². The molecule has 0 bridgehead atoms. The number of carbonyl (C=O) groups is 1. The van der Waals surface area contributed by atoms with Gasteiger partial charge in [0.15, 0.2) is 0 Å². The third-order valence-electron chi connectivity index (χ3n) is 6.28. The molecular weight excluding hydrogens is 424 g/mol. The summed E-state index contributed by atoms with van der Waals surface area (Å²) >= 11 is 0. The Kier molecular flexibility index (Phi) is 6.91. The average Bonchev–Trinajstić information content (AvgIpc) is 2.82. The van der Waals surface area contributed by atoms with Gasteiger partial charge in [0, 0.05) is 50.8 Å². The van der Waals surface area contributed by atoms with Crippen LogP contribution in [0.4, 0.5) is 5.69 Å². The molecule has 0 atom stereocenters. The SMILES string of the molecule is CC=Cc1ccc(S(=O)(=O)N2CCN(CC3CCN(c4ccncc4)CC3)C(=O)C2)cc1. The maximum atomic E-state index is 13.0. The van der Waals surface area contributed by atoms with Gasteiger partial charge in [-0.3, -0.25) is 9.78 Å². The maximum Gasteiger partial charge on any atom is 0.243 e. The van der Waals surface area contributed by atoms with Crippen molar-refractivity contribution >= 4 is 27.7 Å². The molecule has 1 aromatic carbocycles. The first-order valence-corrected chi connectivity index (χ1v) is 12.6. The molecule has 2 aromatic rings. The summed E-state index contributed by atoms with van der Waals surface area (Å²) in [4.78, 5) is 21.3. The quantitative estimate of drug-likeness (QED) is 0.671. The summed E-state index contributed by atoms with van der Waals surface area (Å²) in [6.45, 7) is 5.23. The molecule has 2 aliphatic rings. The number of benzene rings is 1. The molecule has 2 saturated heterocycles. The van der Waals surface area contributed by atoms with Gasteiger partial charge in [0.2, 0.25) is 15.9 Å². The molecule has 170 valence electrons. The van der Waals surface area contributed by atoms with Crippen LogP contribution < -0.4 is 4.90 Å². The fourth-order valence-electron chi connectivity index (χ4n) is 4.42. The Morgan fingerprint density at radius 1 is 1.00 bits per heavy atom. The minimum Gasteiger partial charge on any atom is -0.371 e. The van der Waals surface area contributed by atoms with E-state index in [4.69, 9.17) is 0 Å². The number of rotatable bonds is 6. The van der Waals surface area contributed by atoms with Crippen LogP contribution in [0.25, 0.3) is 6.08 Å². The van der Waals surface area contributed by atoms with Gasteiger partial charge in [-0.05, 0) is 55.5 Å². The van der Waals surface area contributed by atoms with Crippen molar-refractivity contribution in [2.24, 2.45) is 5.92 Å². The third-order valence-corrected chi connectivity index (χ3v) is 8.14. The number of nitrogens with zero attached hydrogens (tertiary/aromatic N) is 4. The average molecular weight is 455 g/mol. The molecule has 0 N–H and O–H groups in total. The van der Waals surface area contributed by atoms with Crippen molar-refractivity contribution in [2.45, 2.75) is 24.7 Å². The van der Waals surface area contributed by atoms with Gasteiger partial charge in [-0.25, -0.2) is 8.42 Å². The smallest absolute Gasteiger partial charge is 0.243 e. The fourth-order valence-corrected chi connectivity index (χ4v) is 5.80. The molecule has 0 unspecified atom stereocenters. The number of aromatic nitrogens is 1. The van der Waals surface area contributed by atoms with Crippen LogP contribution in [-0.2, 0) is 14.8 Å². The number of amides is 1. The second-order valence-electron chi connectivity index (χ2n) is 8.38. The van der Waals surface area contributed by atoms with E-state index in [2.05, 4.69) is 9.88 Å². The summed E-state index contributed by atoms with van der Waals surface area (Å²) in [5.74, 6) is 0.335. The minimum atomic E-state index is -3.67. The van der Waals surface area contributed by atoms with Crippen molar-refractivity contribution in [3.05, 3.63) is 60.4 Å². The standard InChI is InChI=1S/C24H30N4O3S/c1-2-3-20-4-6-23(7-5-20)32(30,31)28-17-16-27(24(29)19-28)18-21-10-14-26(15-11-21)22-8-12-25-13-9-22/h2-9,12-13,21H,10-11,14-19H2,1H3. The van der Waals surface area contributed by atoms with Gasteiger partial charge in [0.05, 0.1) is 11.4 Å². The molecule has 32 heavy (non-hydrogen) atoms. The van der Waals surface area contributed by atoms with Gasteiger partial charge in [0.1, 0.15) is 0 Å². The van der Waals surface area contributed by atoms with Crippen molar-refractivity contribution in [1.29, 1.82) is 0 Å². The highest BCUT2D eigenvalue weighted by Gasteiger charge is 2.34. The third kappa shape index (κ3) is 5.02. The summed E-state index contributed by atoms with van der Waals surface area (Å²) in [6, 6.07) is 10.8. The number of hydrogen-bond donors (Lipinski definition) is 0. The van der Waals surface area contributed by atoms with Gasteiger partial charge in [-0.2, -0.15) is 4.31 Å². The Labute approximate surface area is 190 Å². The van der Waals surface area contributed by atoms with Crippen LogP contribution in [-0.4, -0.2) is 67.8 Å². The first-order chi connectivity index (χ1) is 15.5. The zero-order valence-electron chi connectivity index (χ0n) is 18.4. The molecule has 2 aliphatic heterocycles. The number of piperazine rings is 1. The predicted octanol–water partition coefficient (Wildman–Crippen LogP) is 2.86. The molecule has 7 nitrogen and oxygen atoms in total. The second-order valence-corrected chi connectivity index (χ2v) is 10.3. The van der Waals surface area contributed by atoms with E-state index >= 15 is 0 Å². The molecule has 4 rings (SSSR count). The summed E-state index contributed by atoms with van der Waals surface area (Å²) in [6.07, 6.45) is 9.48. The van der Waals surface area contributed by atoms with E-state index in [1.54, 1.807) is 24.3 Å². The Bertz CT molecular complexity index is 1050. The molecule has 1 amide bonds. The summed E-state index contributed by atoms with van der Waals surface area (Å²) in [5.41, 5.74) is 2.13. The number of allylic oxidation sites excluding steroid dienone is 1. The second kappa shape index (κ2) is 9.83. The van der Waals surface area contributed by atoms with E-state index < -0.39 is 10.0 Å². The highest BCUT2D eigenvalue weighted by atomic mass is 32.2. The van der Waals surface area contributed by atoms with Crippen molar-refractivity contribution in [1.82, 2.24) is 14.2 Å². The molecule has 1 aromatic heterocycles. The largest absolute Gasteiger partial charge is 0.371 e. The minimum absolute atomic E-state index is 0.0885. The summed E-state index contributed by atoms with van der Waals surface area (Å²) in [7, 11) is -3.67. The lowest BCUT2D eigenvalue weighted by molar-refractivity contribution is -0.134. The molecule has 0 spiro atoms. The normalized spacial score (nSPS) is 19.1. The van der Waals surface area contributed by atoms with E-state index in [0.717, 1.165) is 31.5 Å². The summed E-state index contributed by atoms with van der Waals surface area (Å²) in [5, 5.41) is 0. The van der Waals surface area contributed by atoms with Gasteiger partial charge in [0.25, 0.3) is 0 Å².